The third-order valence-electron chi connectivity index (χ3n) is 2.72. The number of ether oxygens (including phenoxy) is 2. The first-order valence-electron chi connectivity index (χ1n) is 5.64. The van der Waals surface area contributed by atoms with Gasteiger partial charge in [-0.2, -0.15) is 0 Å². The van der Waals surface area contributed by atoms with Crippen LogP contribution in [-0.2, 0) is 6.42 Å². The molecule has 0 radical (unpaired) electrons. The first-order valence-corrected chi connectivity index (χ1v) is 6.86. The highest BCUT2D eigenvalue weighted by atomic mass is 32.1. The summed E-state index contributed by atoms with van der Waals surface area (Å²) in [6.07, 6.45) is 0.947. The Labute approximate surface area is 115 Å². The molecule has 2 aromatic rings. The van der Waals surface area contributed by atoms with Gasteiger partial charge in [-0.15, -0.1) is 11.3 Å². The number of methoxy groups -OCH3 is 2. The molecule has 0 aliphatic carbocycles. The predicted octanol–water partition coefficient (Wildman–Crippen LogP) is 4.05. The van der Waals surface area contributed by atoms with Gasteiger partial charge in [-0.3, -0.25) is 0 Å². The van der Waals surface area contributed by atoms with Crippen molar-refractivity contribution in [2.24, 2.45) is 0 Å². The first-order chi connectivity index (χ1) is 8.69. The molecule has 1 aromatic carbocycles. The average Bonchev–Trinajstić information content (AvgIpc) is 2.78. The molecular formula is C13H15NO2S2. The molecule has 0 aliphatic heterocycles. The van der Waals surface area contributed by atoms with Crippen LogP contribution in [0.25, 0.3) is 11.3 Å². The van der Waals surface area contributed by atoms with Crippen LogP contribution < -0.4 is 9.47 Å². The van der Waals surface area contributed by atoms with E-state index in [9.17, 15) is 0 Å². The van der Waals surface area contributed by atoms with Crippen molar-refractivity contribution >= 4 is 23.6 Å². The number of nitrogens with one attached hydrogen (secondary N) is 1. The van der Waals surface area contributed by atoms with E-state index >= 15 is 0 Å². The molecule has 2 rings (SSSR count). The molecule has 5 heteroatoms. The lowest BCUT2D eigenvalue weighted by atomic mass is 10.1. The second-order valence-corrected chi connectivity index (χ2v) is 5.50. The smallest absolute Gasteiger partial charge is 0.159 e. The summed E-state index contributed by atoms with van der Waals surface area (Å²) >= 11 is 6.82. The lowest BCUT2D eigenvalue weighted by molar-refractivity contribution is 0.395. The normalized spacial score (nSPS) is 10.4. The Kier molecular flexibility index (Phi) is 4.04. The standard InChI is InChI=1S/C13H15NO2S2/c1-4-11-12(14-13(17)18-11)9-6-5-8(15-2)7-10(9)16-3/h5-7H,4H2,1-3H3,(H,14,17). The quantitative estimate of drug-likeness (QED) is 0.858. The maximum atomic E-state index is 5.42. The molecule has 3 nitrogen and oxygen atoms in total. The van der Waals surface area contributed by atoms with Crippen molar-refractivity contribution < 1.29 is 9.47 Å². The maximum absolute atomic E-state index is 5.42. The van der Waals surface area contributed by atoms with Crippen molar-refractivity contribution in [2.75, 3.05) is 14.2 Å². The molecular weight excluding hydrogens is 266 g/mol. The number of aryl methyl sites for hydroxylation is 1. The zero-order valence-corrected chi connectivity index (χ0v) is 12.2. The van der Waals surface area contributed by atoms with Crippen molar-refractivity contribution in [3.05, 3.63) is 27.0 Å². The molecule has 1 heterocycles. The van der Waals surface area contributed by atoms with Gasteiger partial charge in [0.15, 0.2) is 3.95 Å². The first kappa shape index (κ1) is 13.1. The molecule has 0 aliphatic rings. The van der Waals surface area contributed by atoms with E-state index in [1.165, 1.54) is 4.88 Å². The maximum Gasteiger partial charge on any atom is 0.159 e. The van der Waals surface area contributed by atoms with E-state index in [4.69, 9.17) is 21.7 Å². The molecule has 1 N–H and O–H groups in total. The summed E-state index contributed by atoms with van der Waals surface area (Å²) in [5.41, 5.74) is 2.06. The average molecular weight is 281 g/mol. The Bertz CT molecular complexity index is 601. The summed E-state index contributed by atoms with van der Waals surface area (Å²) in [6.45, 7) is 2.12. The largest absolute Gasteiger partial charge is 0.497 e. The Morgan fingerprint density at radius 3 is 2.67 bits per heavy atom. The van der Waals surface area contributed by atoms with Gasteiger partial charge in [0, 0.05) is 16.5 Å². The number of benzene rings is 1. The molecule has 0 saturated carbocycles. The molecule has 96 valence electrons. The summed E-state index contributed by atoms with van der Waals surface area (Å²) in [4.78, 5) is 4.48. The zero-order chi connectivity index (χ0) is 13.1. The fourth-order valence-electron chi connectivity index (χ4n) is 1.83. The van der Waals surface area contributed by atoms with Crippen LogP contribution >= 0.6 is 23.6 Å². The summed E-state index contributed by atoms with van der Waals surface area (Å²) in [5.74, 6) is 1.57. The number of hydrogen-bond acceptors (Lipinski definition) is 4. The number of H-pyrrole nitrogens is 1. The Morgan fingerprint density at radius 1 is 1.28 bits per heavy atom. The van der Waals surface area contributed by atoms with Gasteiger partial charge in [-0.1, -0.05) is 6.92 Å². The van der Waals surface area contributed by atoms with Crippen LogP contribution in [0.3, 0.4) is 0 Å². The fourth-order valence-corrected chi connectivity index (χ4v) is 3.02. The molecule has 0 fully saturated rings. The molecule has 0 saturated heterocycles. The van der Waals surface area contributed by atoms with Crippen LogP contribution in [0.2, 0.25) is 0 Å². The highest BCUT2D eigenvalue weighted by Crippen LogP contribution is 2.36. The lowest BCUT2D eigenvalue weighted by Crippen LogP contribution is -1.92. The van der Waals surface area contributed by atoms with E-state index < -0.39 is 0 Å². The second-order valence-electron chi connectivity index (χ2n) is 3.73. The predicted molar refractivity (Wildman–Crippen MR) is 77.4 cm³/mol. The van der Waals surface area contributed by atoms with Crippen LogP contribution in [0.1, 0.15) is 11.8 Å². The van der Waals surface area contributed by atoms with Gasteiger partial charge in [0.1, 0.15) is 11.5 Å². The van der Waals surface area contributed by atoms with Gasteiger partial charge in [0.05, 0.1) is 19.9 Å². The van der Waals surface area contributed by atoms with Crippen LogP contribution in [0, 0.1) is 3.95 Å². The summed E-state index contributed by atoms with van der Waals surface area (Å²) in [7, 11) is 3.30. The van der Waals surface area contributed by atoms with E-state index in [1.807, 2.05) is 18.2 Å². The Morgan fingerprint density at radius 2 is 2.06 bits per heavy atom. The number of aromatic nitrogens is 1. The fraction of sp³-hybridized carbons (Fsp3) is 0.308. The molecule has 0 bridgehead atoms. The minimum absolute atomic E-state index is 0.780. The molecule has 0 spiro atoms. The minimum atomic E-state index is 0.780. The third kappa shape index (κ3) is 2.42. The van der Waals surface area contributed by atoms with E-state index in [-0.39, 0.29) is 0 Å². The topological polar surface area (TPSA) is 34.2 Å². The highest BCUT2D eigenvalue weighted by Gasteiger charge is 2.13. The van der Waals surface area contributed by atoms with Crippen molar-refractivity contribution in [1.29, 1.82) is 0 Å². The van der Waals surface area contributed by atoms with Crippen molar-refractivity contribution in [3.63, 3.8) is 0 Å². The zero-order valence-electron chi connectivity index (χ0n) is 10.6. The van der Waals surface area contributed by atoms with Crippen LogP contribution in [-0.4, -0.2) is 19.2 Å². The molecule has 18 heavy (non-hydrogen) atoms. The SMILES string of the molecule is CCc1sc(=S)[nH]c1-c1ccc(OC)cc1OC. The van der Waals surface area contributed by atoms with Crippen molar-refractivity contribution in [1.82, 2.24) is 4.98 Å². The van der Waals surface area contributed by atoms with Crippen molar-refractivity contribution in [3.8, 4) is 22.8 Å². The van der Waals surface area contributed by atoms with E-state index in [1.54, 1.807) is 25.6 Å². The molecule has 0 amide bonds. The van der Waals surface area contributed by atoms with Gasteiger partial charge >= 0.3 is 0 Å². The number of hydrogen-bond donors (Lipinski definition) is 1. The number of aromatic amines is 1. The third-order valence-corrected chi connectivity index (χ3v) is 4.10. The summed E-state index contributed by atoms with van der Waals surface area (Å²) in [5, 5.41) is 0. The van der Waals surface area contributed by atoms with Crippen LogP contribution in [0.15, 0.2) is 18.2 Å². The van der Waals surface area contributed by atoms with Gasteiger partial charge < -0.3 is 14.5 Å². The summed E-state index contributed by atoms with van der Waals surface area (Å²) in [6, 6.07) is 5.79. The van der Waals surface area contributed by atoms with Gasteiger partial charge in [-0.05, 0) is 30.8 Å². The van der Waals surface area contributed by atoms with Gasteiger partial charge in [0.25, 0.3) is 0 Å². The highest BCUT2D eigenvalue weighted by molar-refractivity contribution is 7.73. The van der Waals surface area contributed by atoms with Crippen LogP contribution in [0.4, 0.5) is 0 Å². The Balaban J connectivity index is 2.59. The van der Waals surface area contributed by atoms with Gasteiger partial charge in [0.2, 0.25) is 0 Å². The summed E-state index contributed by atoms with van der Waals surface area (Å²) < 4.78 is 11.4. The van der Waals surface area contributed by atoms with E-state index in [0.29, 0.717) is 0 Å². The molecule has 0 atom stereocenters. The lowest BCUT2D eigenvalue weighted by Gasteiger charge is -2.10. The number of rotatable bonds is 4. The Hall–Kier alpha value is -1.33. The van der Waals surface area contributed by atoms with E-state index in [2.05, 4.69) is 11.9 Å². The molecule has 1 aromatic heterocycles. The molecule has 0 unspecified atom stereocenters. The second kappa shape index (κ2) is 5.54. The monoisotopic (exact) mass is 281 g/mol. The van der Waals surface area contributed by atoms with Crippen LogP contribution in [0.5, 0.6) is 11.5 Å². The number of thiazole rings is 1. The van der Waals surface area contributed by atoms with Gasteiger partial charge in [-0.25, -0.2) is 0 Å². The van der Waals surface area contributed by atoms with Crippen molar-refractivity contribution in [2.45, 2.75) is 13.3 Å². The minimum Gasteiger partial charge on any atom is -0.497 e. The van der Waals surface area contributed by atoms with E-state index in [0.717, 1.165) is 33.1 Å².